The normalized spacial score (nSPS) is 14.5. The molecule has 0 aromatic carbocycles. The summed E-state index contributed by atoms with van der Waals surface area (Å²) < 4.78 is 6.71. The fourth-order valence-corrected chi connectivity index (χ4v) is 2.12. The van der Waals surface area contributed by atoms with E-state index in [0.29, 0.717) is 24.5 Å². The summed E-state index contributed by atoms with van der Waals surface area (Å²) >= 11 is 6.01. The van der Waals surface area contributed by atoms with E-state index < -0.39 is 0 Å². The fraction of sp³-hybridized carbons (Fsp3) is 0.500. The molecular formula is C12H15ClN6O. The highest BCUT2D eigenvalue weighted by molar-refractivity contribution is 6.28. The van der Waals surface area contributed by atoms with Crippen LogP contribution in [0.1, 0.15) is 12.8 Å². The van der Waals surface area contributed by atoms with E-state index in [-0.39, 0.29) is 5.28 Å². The SMILES string of the molecule is COCCN(c1nc(Cl)nc(-n2cccn2)n1)C1CC1. The molecule has 1 aliphatic rings. The van der Waals surface area contributed by atoms with Crippen molar-refractivity contribution in [1.82, 2.24) is 24.7 Å². The first-order valence-electron chi connectivity index (χ1n) is 6.45. The van der Waals surface area contributed by atoms with Crippen molar-refractivity contribution >= 4 is 17.5 Å². The molecule has 0 N–H and O–H groups in total. The van der Waals surface area contributed by atoms with E-state index in [1.165, 1.54) is 0 Å². The van der Waals surface area contributed by atoms with Crippen molar-refractivity contribution in [3.63, 3.8) is 0 Å². The van der Waals surface area contributed by atoms with Crippen LogP contribution in [0.4, 0.5) is 5.95 Å². The number of hydrogen-bond acceptors (Lipinski definition) is 6. The highest BCUT2D eigenvalue weighted by Gasteiger charge is 2.31. The van der Waals surface area contributed by atoms with E-state index in [4.69, 9.17) is 16.3 Å². The molecule has 1 saturated carbocycles. The van der Waals surface area contributed by atoms with Gasteiger partial charge in [-0.15, -0.1) is 0 Å². The maximum atomic E-state index is 6.01. The van der Waals surface area contributed by atoms with Gasteiger partial charge in [-0.3, -0.25) is 0 Å². The van der Waals surface area contributed by atoms with Crippen LogP contribution in [0.25, 0.3) is 5.95 Å². The minimum Gasteiger partial charge on any atom is -0.383 e. The van der Waals surface area contributed by atoms with Crippen LogP contribution < -0.4 is 4.90 Å². The van der Waals surface area contributed by atoms with Gasteiger partial charge in [-0.1, -0.05) is 0 Å². The first kappa shape index (κ1) is 13.3. The minimum absolute atomic E-state index is 0.170. The lowest BCUT2D eigenvalue weighted by molar-refractivity contribution is 0.204. The Balaban J connectivity index is 1.91. The van der Waals surface area contributed by atoms with Crippen LogP contribution in [-0.4, -0.2) is 51.0 Å². The third kappa shape index (κ3) is 2.88. The Morgan fingerprint density at radius 2 is 2.25 bits per heavy atom. The monoisotopic (exact) mass is 294 g/mol. The van der Waals surface area contributed by atoms with Crippen LogP contribution in [0, 0.1) is 0 Å². The first-order chi connectivity index (χ1) is 9.78. The standard InChI is InChI=1S/C12H15ClN6O/c1-20-8-7-18(9-3-4-9)11-15-10(13)16-12(17-11)19-6-2-5-14-19/h2,5-6,9H,3-4,7-8H2,1H3. The van der Waals surface area contributed by atoms with Gasteiger partial charge in [0.25, 0.3) is 5.95 Å². The van der Waals surface area contributed by atoms with Crippen LogP contribution in [0.15, 0.2) is 18.5 Å². The lowest BCUT2D eigenvalue weighted by Crippen LogP contribution is -2.31. The molecule has 2 aromatic heterocycles. The summed E-state index contributed by atoms with van der Waals surface area (Å²) in [5.74, 6) is 1.00. The topological polar surface area (TPSA) is 69.0 Å². The van der Waals surface area contributed by atoms with Crippen molar-refractivity contribution in [1.29, 1.82) is 0 Å². The molecule has 3 rings (SSSR count). The molecule has 7 nitrogen and oxygen atoms in total. The molecule has 0 spiro atoms. The Morgan fingerprint density at radius 1 is 1.40 bits per heavy atom. The van der Waals surface area contributed by atoms with Crippen LogP contribution in [-0.2, 0) is 4.74 Å². The highest BCUT2D eigenvalue weighted by Crippen LogP contribution is 2.30. The summed E-state index contributed by atoms with van der Waals surface area (Å²) in [5, 5.41) is 4.28. The fourth-order valence-electron chi connectivity index (χ4n) is 1.97. The van der Waals surface area contributed by atoms with Crippen LogP contribution in [0.3, 0.4) is 0 Å². The molecule has 0 unspecified atom stereocenters. The summed E-state index contributed by atoms with van der Waals surface area (Å²) in [4.78, 5) is 14.9. The number of aromatic nitrogens is 5. The second-order valence-corrected chi connectivity index (χ2v) is 4.91. The summed E-state index contributed by atoms with van der Waals surface area (Å²) in [6.07, 6.45) is 5.72. The van der Waals surface area contributed by atoms with E-state index in [9.17, 15) is 0 Å². The maximum absolute atomic E-state index is 6.01. The molecule has 0 bridgehead atoms. The first-order valence-corrected chi connectivity index (χ1v) is 6.83. The maximum Gasteiger partial charge on any atom is 0.256 e. The van der Waals surface area contributed by atoms with Gasteiger partial charge in [-0.2, -0.15) is 20.1 Å². The summed E-state index contributed by atoms with van der Waals surface area (Å²) in [6, 6.07) is 2.27. The Kier molecular flexibility index (Phi) is 3.79. The molecule has 0 aliphatic heterocycles. The quantitative estimate of drug-likeness (QED) is 0.800. The number of nitrogens with zero attached hydrogens (tertiary/aromatic N) is 6. The Bertz CT molecular complexity index is 571. The summed E-state index contributed by atoms with van der Waals surface area (Å²) in [5.41, 5.74) is 0. The number of anilines is 1. The minimum atomic E-state index is 0.170. The van der Waals surface area contributed by atoms with E-state index in [1.54, 1.807) is 30.3 Å². The lowest BCUT2D eigenvalue weighted by atomic mass is 10.5. The molecule has 106 valence electrons. The molecule has 20 heavy (non-hydrogen) atoms. The smallest absolute Gasteiger partial charge is 0.256 e. The molecule has 0 saturated heterocycles. The Morgan fingerprint density at radius 3 is 2.90 bits per heavy atom. The number of ether oxygens (including phenoxy) is 1. The second-order valence-electron chi connectivity index (χ2n) is 4.57. The Hall–Kier alpha value is -1.73. The van der Waals surface area contributed by atoms with Gasteiger partial charge in [0.1, 0.15) is 0 Å². The third-order valence-corrected chi connectivity index (χ3v) is 3.24. The van der Waals surface area contributed by atoms with Gasteiger partial charge in [0, 0.05) is 32.1 Å². The molecule has 0 amide bonds. The predicted octanol–water partition coefficient (Wildman–Crippen LogP) is 1.33. The largest absolute Gasteiger partial charge is 0.383 e. The van der Waals surface area contributed by atoms with Crippen molar-refractivity contribution in [2.45, 2.75) is 18.9 Å². The average molecular weight is 295 g/mol. The Labute approximate surface area is 121 Å². The molecule has 0 radical (unpaired) electrons. The number of hydrogen-bond donors (Lipinski definition) is 0. The zero-order valence-electron chi connectivity index (χ0n) is 11.1. The van der Waals surface area contributed by atoms with Crippen molar-refractivity contribution in [2.24, 2.45) is 0 Å². The van der Waals surface area contributed by atoms with E-state index in [0.717, 1.165) is 19.4 Å². The number of rotatable bonds is 6. The van der Waals surface area contributed by atoms with Gasteiger partial charge in [-0.05, 0) is 30.5 Å². The van der Waals surface area contributed by atoms with Gasteiger partial charge in [0.05, 0.1) is 6.61 Å². The number of halogens is 1. The van der Waals surface area contributed by atoms with Crippen molar-refractivity contribution in [3.8, 4) is 5.95 Å². The van der Waals surface area contributed by atoms with Crippen LogP contribution in [0.2, 0.25) is 5.28 Å². The molecule has 0 atom stereocenters. The highest BCUT2D eigenvalue weighted by atomic mass is 35.5. The molecule has 2 aromatic rings. The van der Waals surface area contributed by atoms with Crippen molar-refractivity contribution in [3.05, 3.63) is 23.7 Å². The summed E-state index contributed by atoms with van der Waals surface area (Å²) in [7, 11) is 1.68. The zero-order chi connectivity index (χ0) is 13.9. The van der Waals surface area contributed by atoms with Gasteiger partial charge < -0.3 is 9.64 Å². The van der Waals surface area contributed by atoms with Crippen LogP contribution >= 0.6 is 11.6 Å². The van der Waals surface area contributed by atoms with E-state index in [1.807, 2.05) is 0 Å². The third-order valence-electron chi connectivity index (χ3n) is 3.07. The summed E-state index contributed by atoms with van der Waals surface area (Å²) in [6.45, 7) is 1.36. The van der Waals surface area contributed by atoms with Crippen molar-refractivity contribution in [2.75, 3.05) is 25.2 Å². The van der Waals surface area contributed by atoms with Crippen molar-refractivity contribution < 1.29 is 4.74 Å². The average Bonchev–Trinajstić information content (AvgIpc) is 3.12. The molecule has 1 aliphatic carbocycles. The molecule has 8 heteroatoms. The zero-order valence-corrected chi connectivity index (χ0v) is 11.9. The number of methoxy groups -OCH3 is 1. The second kappa shape index (κ2) is 5.72. The van der Waals surface area contributed by atoms with Gasteiger partial charge in [-0.25, -0.2) is 4.68 Å². The van der Waals surface area contributed by atoms with Gasteiger partial charge in [0.2, 0.25) is 11.2 Å². The van der Waals surface area contributed by atoms with Crippen LogP contribution in [0.5, 0.6) is 0 Å². The lowest BCUT2D eigenvalue weighted by Gasteiger charge is -2.22. The van der Waals surface area contributed by atoms with Gasteiger partial charge >= 0.3 is 0 Å². The molecule has 1 fully saturated rings. The van der Waals surface area contributed by atoms with Gasteiger partial charge in [0.15, 0.2) is 0 Å². The molecular weight excluding hydrogens is 280 g/mol. The van der Waals surface area contributed by atoms with E-state index in [2.05, 4.69) is 25.0 Å². The predicted molar refractivity (Wildman–Crippen MR) is 74.2 cm³/mol. The van der Waals surface area contributed by atoms with E-state index >= 15 is 0 Å². The molecule has 2 heterocycles.